The Kier molecular flexibility index (Phi) is 4.20. The van der Waals surface area contributed by atoms with E-state index in [2.05, 4.69) is 34.6 Å². The summed E-state index contributed by atoms with van der Waals surface area (Å²) < 4.78 is 14.4. The lowest BCUT2D eigenvalue weighted by atomic mass is 9.84. The third kappa shape index (κ3) is 2.49. The van der Waals surface area contributed by atoms with E-state index in [0.29, 0.717) is 11.1 Å². The summed E-state index contributed by atoms with van der Waals surface area (Å²) in [6.45, 7) is 12.3. The fourth-order valence-electron chi connectivity index (χ4n) is 3.06. The van der Waals surface area contributed by atoms with Gasteiger partial charge in [-0.25, -0.2) is 4.39 Å². The molecule has 0 saturated carbocycles. The van der Waals surface area contributed by atoms with Crippen LogP contribution in [0, 0.1) is 47.4 Å². The highest BCUT2D eigenvalue weighted by Gasteiger charge is 2.21. The molecule has 2 rings (SSSR count). The monoisotopic (exact) mass is 285 g/mol. The molecule has 1 atom stereocenters. The topological polar surface area (TPSA) is 26.0 Å². The fourth-order valence-corrected chi connectivity index (χ4v) is 3.06. The number of hydrogen-bond donors (Lipinski definition) is 1. The summed E-state index contributed by atoms with van der Waals surface area (Å²) in [6, 6.07) is 5.00. The number of aryl methyl sites for hydroxylation is 1. The molecule has 0 aliphatic heterocycles. The molecule has 0 radical (unpaired) electrons. The molecule has 0 amide bonds. The Morgan fingerprint density at radius 1 is 0.810 bits per heavy atom. The van der Waals surface area contributed by atoms with Crippen molar-refractivity contribution in [3.8, 4) is 0 Å². The van der Waals surface area contributed by atoms with Gasteiger partial charge in [-0.05, 0) is 80.5 Å². The van der Waals surface area contributed by atoms with Gasteiger partial charge in [-0.15, -0.1) is 0 Å². The third-order valence-electron chi connectivity index (χ3n) is 4.93. The second kappa shape index (κ2) is 5.61. The third-order valence-corrected chi connectivity index (χ3v) is 4.93. The van der Waals surface area contributed by atoms with Gasteiger partial charge in [-0.1, -0.05) is 18.2 Å². The number of rotatable bonds is 2. The van der Waals surface area contributed by atoms with E-state index in [1.807, 2.05) is 6.07 Å². The van der Waals surface area contributed by atoms with Crippen molar-refractivity contribution in [2.75, 3.05) is 0 Å². The van der Waals surface area contributed by atoms with Crippen molar-refractivity contribution in [2.45, 2.75) is 47.6 Å². The number of hydrogen-bond acceptors (Lipinski definition) is 1. The van der Waals surface area contributed by atoms with Crippen molar-refractivity contribution >= 4 is 0 Å². The molecule has 1 nitrogen and oxygen atoms in total. The van der Waals surface area contributed by atoms with Gasteiger partial charge < -0.3 is 5.73 Å². The van der Waals surface area contributed by atoms with E-state index in [1.54, 1.807) is 19.1 Å². The molecule has 21 heavy (non-hydrogen) atoms. The zero-order chi connectivity index (χ0) is 15.9. The van der Waals surface area contributed by atoms with Crippen LogP contribution in [0.25, 0.3) is 0 Å². The lowest BCUT2D eigenvalue weighted by Gasteiger charge is -2.24. The van der Waals surface area contributed by atoms with Crippen LogP contribution < -0.4 is 5.73 Å². The summed E-state index contributed by atoms with van der Waals surface area (Å²) in [5.74, 6) is -0.195. The molecule has 0 heterocycles. The predicted molar refractivity (Wildman–Crippen MR) is 87.3 cm³/mol. The highest BCUT2D eigenvalue weighted by Crippen LogP contribution is 2.33. The first-order valence-electron chi connectivity index (χ1n) is 7.34. The van der Waals surface area contributed by atoms with Gasteiger partial charge in [0.2, 0.25) is 0 Å². The summed E-state index contributed by atoms with van der Waals surface area (Å²) in [7, 11) is 0. The summed E-state index contributed by atoms with van der Waals surface area (Å²) in [5, 5.41) is 0. The first kappa shape index (κ1) is 15.7. The van der Waals surface area contributed by atoms with Crippen LogP contribution in [-0.2, 0) is 0 Å². The molecule has 0 saturated heterocycles. The van der Waals surface area contributed by atoms with Gasteiger partial charge in [0.15, 0.2) is 0 Å². The van der Waals surface area contributed by atoms with Crippen LogP contribution >= 0.6 is 0 Å². The zero-order valence-corrected chi connectivity index (χ0v) is 13.8. The maximum Gasteiger partial charge on any atom is 0.131 e. The normalized spacial score (nSPS) is 12.6. The smallest absolute Gasteiger partial charge is 0.131 e. The first-order valence-corrected chi connectivity index (χ1v) is 7.34. The predicted octanol–water partition coefficient (Wildman–Crippen LogP) is 4.72. The van der Waals surface area contributed by atoms with Gasteiger partial charge >= 0.3 is 0 Å². The summed E-state index contributed by atoms with van der Waals surface area (Å²) >= 11 is 0. The standard InChI is InChI=1S/C19H24FN/c1-10-8-7-9-16(18(10)20)19(21)17-14(5)12(3)11(2)13(4)15(17)6/h7-9,19H,21H2,1-6H3. The van der Waals surface area contributed by atoms with Gasteiger partial charge in [0.05, 0.1) is 6.04 Å². The van der Waals surface area contributed by atoms with Crippen molar-refractivity contribution < 1.29 is 4.39 Å². The number of benzene rings is 2. The summed E-state index contributed by atoms with van der Waals surface area (Å²) in [4.78, 5) is 0. The van der Waals surface area contributed by atoms with Crippen molar-refractivity contribution in [1.82, 2.24) is 0 Å². The molecule has 2 heteroatoms. The molecule has 0 aliphatic rings. The Labute approximate surface area is 127 Å². The highest BCUT2D eigenvalue weighted by molar-refractivity contribution is 5.53. The Balaban J connectivity index is 2.70. The molecule has 0 spiro atoms. The van der Waals surface area contributed by atoms with E-state index in [4.69, 9.17) is 5.73 Å². The second-order valence-corrected chi connectivity index (χ2v) is 5.99. The average Bonchev–Trinajstić information content (AvgIpc) is 2.46. The maximum atomic E-state index is 14.4. The van der Waals surface area contributed by atoms with Crippen molar-refractivity contribution in [3.05, 3.63) is 68.5 Å². The van der Waals surface area contributed by atoms with Crippen molar-refractivity contribution in [1.29, 1.82) is 0 Å². The lowest BCUT2D eigenvalue weighted by molar-refractivity contribution is 0.590. The quantitative estimate of drug-likeness (QED) is 0.848. The minimum atomic E-state index is -0.428. The molecule has 0 aliphatic carbocycles. The van der Waals surface area contributed by atoms with Gasteiger partial charge in [0.1, 0.15) is 5.82 Å². The maximum absolute atomic E-state index is 14.4. The molecule has 0 aromatic heterocycles. The van der Waals surface area contributed by atoms with Gasteiger partial charge in [0, 0.05) is 5.56 Å². The minimum Gasteiger partial charge on any atom is -0.320 e. The molecule has 0 fully saturated rings. The second-order valence-electron chi connectivity index (χ2n) is 5.99. The van der Waals surface area contributed by atoms with E-state index >= 15 is 0 Å². The largest absolute Gasteiger partial charge is 0.320 e. The van der Waals surface area contributed by atoms with Crippen LogP contribution in [0.4, 0.5) is 4.39 Å². The minimum absolute atomic E-state index is 0.195. The average molecular weight is 285 g/mol. The van der Waals surface area contributed by atoms with E-state index in [-0.39, 0.29) is 5.82 Å². The summed E-state index contributed by atoms with van der Waals surface area (Å²) in [5.41, 5.74) is 14.8. The number of halogens is 1. The Hall–Kier alpha value is -1.67. The van der Waals surface area contributed by atoms with Crippen molar-refractivity contribution in [2.24, 2.45) is 5.73 Å². The molecule has 0 bridgehead atoms. The highest BCUT2D eigenvalue weighted by atomic mass is 19.1. The molecular weight excluding hydrogens is 261 g/mol. The van der Waals surface area contributed by atoms with Crippen LogP contribution in [0.5, 0.6) is 0 Å². The van der Waals surface area contributed by atoms with E-state index in [1.165, 1.54) is 27.8 Å². The Morgan fingerprint density at radius 3 is 1.81 bits per heavy atom. The van der Waals surface area contributed by atoms with Crippen LogP contribution in [0.3, 0.4) is 0 Å². The van der Waals surface area contributed by atoms with E-state index in [9.17, 15) is 4.39 Å². The molecule has 2 aromatic rings. The van der Waals surface area contributed by atoms with E-state index in [0.717, 1.165) is 5.56 Å². The number of nitrogens with two attached hydrogens (primary N) is 1. The van der Waals surface area contributed by atoms with Crippen LogP contribution in [-0.4, -0.2) is 0 Å². The van der Waals surface area contributed by atoms with Gasteiger partial charge in [-0.2, -0.15) is 0 Å². The molecule has 1 unspecified atom stereocenters. The van der Waals surface area contributed by atoms with Crippen LogP contribution in [0.15, 0.2) is 18.2 Å². The lowest BCUT2D eigenvalue weighted by Crippen LogP contribution is -2.18. The Morgan fingerprint density at radius 2 is 1.29 bits per heavy atom. The molecule has 112 valence electrons. The molecule has 2 aromatic carbocycles. The summed E-state index contributed by atoms with van der Waals surface area (Å²) in [6.07, 6.45) is 0. The van der Waals surface area contributed by atoms with Crippen LogP contribution in [0.1, 0.15) is 50.5 Å². The SMILES string of the molecule is Cc1cccc(C(N)c2c(C)c(C)c(C)c(C)c2C)c1F. The van der Waals surface area contributed by atoms with Crippen LogP contribution in [0.2, 0.25) is 0 Å². The van der Waals surface area contributed by atoms with E-state index < -0.39 is 6.04 Å². The van der Waals surface area contributed by atoms with Gasteiger partial charge in [-0.3, -0.25) is 0 Å². The first-order chi connectivity index (χ1) is 9.77. The molecule has 2 N–H and O–H groups in total. The van der Waals surface area contributed by atoms with Crippen molar-refractivity contribution in [3.63, 3.8) is 0 Å². The fraction of sp³-hybridized carbons (Fsp3) is 0.368. The molecular formula is C19H24FN. The van der Waals surface area contributed by atoms with Gasteiger partial charge in [0.25, 0.3) is 0 Å². The Bertz CT molecular complexity index is 672. The zero-order valence-electron chi connectivity index (χ0n) is 13.8.